The summed E-state index contributed by atoms with van der Waals surface area (Å²) in [5.41, 5.74) is 9.73. The summed E-state index contributed by atoms with van der Waals surface area (Å²) in [6, 6.07) is 15.7. The smallest absolute Gasteiger partial charge is 0.115 e. The highest BCUT2D eigenvalue weighted by Gasteiger charge is 2.14. The third-order valence-electron chi connectivity index (χ3n) is 4.21. The number of hydrogen-bond acceptors (Lipinski definition) is 3. The summed E-state index contributed by atoms with van der Waals surface area (Å²) in [5, 5.41) is 9.25. The van der Waals surface area contributed by atoms with E-state index in [1.54, 1.807) is 12.1 Å². The van der Waals surface area contributed by atoms with Crippen molar-refractivity contribution in [1.82, 2.24) is 0 Å². The molecule has 0 heterocycles. The molecule has 3 N–H and O–H groups in total. The Morgan fingerprint density at radius 2 is 1.24 bits per heavy atom. The fourth-order valence-corrected chi connectivity index (χ4v) is 2.96. The van der Waals surface area contributed by atoms with E-state index in [2.05, 4.69) is 35.1 Å². The highest BCUT2D eigenvalue weighted by molar-refractivity contribution is 5.54. The van der Waals surface area contributed by atoms with Gasteiger partial charge >= 0.3 is 0 Å². The van der Waals surface area contributed by atoms with Crippen LogP contribution in [0.5, 0.6) is 5.75 Å². The molecule has 1 fully saturated rings. The van der Waals surface area contributed by atoms with Gasteiger partial charge in [0, 0.05) is 0 Å². The average Bonchev–Trinajstić information content (AvgIpc) is 2.56. The standard InChI is InChI=1S/C18H22N2O/c21-18-12-10-17(11-13-18)20-19-16-8-6-15(7-9-16)14-4-2-1-3-5-14/h6-14,19-21H,1-5H2. The van der Waals surface area contributed by atoms with Crippen molar-refractivity contribution in [2.75, 3.05) is 10.9 Å². The molecule has 0 atom stereocenters. The largest absolute Gasteiger partial charge is 0.508 e. The second kappa shape index (κ2) is 6.53. The third-order valence-corrected chi connectivity index (χ3v) is 4.21. The van der Waals surface area contributed by atoms with Crippen molar-refractivity contribution in [3.63, 3.8) is 0 Å². The van der Waals surface area contributed by atoms with Crippen molar-refractivity contribution in [2.24, 2.45) is 0 Å². The maximum Gasteiger partial charge on any atom is 0.115 e. The Morgan fingerprint density at radius 1 is 0.714 bits per heavy atom. The maximum absolute atomic E-state index is 9.25. The van der Waals surface area contributed by atoms with E-state index in [1.165, 1.54) is 37.7 Å². The molecule has 0 saturated heterocycles. The molecule has 3 nitrogen and oxygen atoms in total. The maximum atomic E-state index is 9.25. The fourth-order valence-electron chi connectivity index (χ4n) is 2.96. The molecule has 0 aliphatic heterocycles. The van der Waals surface area contributed by atoms with Gasteiger partial charge < -0.3 is 16.0 Å². The number of benzene rings is 2. The predicted molar refractivity (Wildman–Crippen MR) is 87.6 cm³/mol. The van der Waals surface area contributed by atoms with Gasteiger partial charge in [0.15, 0.2) is 0 Å². The van der Waals surface area contributed by atoms with Crippen LogP contribution in [0.2, 0.25) is 0 Å². The molecule has 1 aliphatic carbocycles. The van der Waals surface area contributed by atoms with E-state index in [9.17, 15) is 5.11 Å². The van der Waals surface area contributed by atoms with Gasteiger partial charge in [-0.1, -0.05) is 31.4 Å². The Bertz CT molecular complexity index is 557. The first kappa shape index (κ1) is 13.8. The van der Waals surface area contributed by atoms with Crippen LogP contribution in [0.1, 0.15) is 43.6 Å². The molecule has 2 aromatic carbocycles. The molecule has 3 heteroatoms. The van der Waals surface area contributed by atoms with Crippen molar-refractivity contribution < 1.29 is 5.11 Å². The number of aromatic hydroxyl groups is 1. The van der Waals surface area contributed by atoms with E-state index in [4.69, 9.17) is 0 Å². The van der Waals surface area contributed by atoms with Gasteiger partial charge in [0.1, 0.15) is 5.75 Å². The SMILES string of the molecule is Oc1ccc(NNc2ccc(C3CCCCC3)cc2)cc1. The predicted octanol–water partition coefficient (Wildman–Crippen LogP) is 4.88. The Morgan fingerprint density at radius 3 is 1.81 bits per heavy atom. The number of nitrogens with one attached hydrogen (secondary N) is 2. The summed E-state index contributed by atoms with van der Waals surface area (Å²) in [6.07, 6.45) is 6.80. The molecule has 1 saturated carbocycles. The molecule has 110 valence electrons. The van der Waals surface area contributed by atoms with Crippen molar-refractivity contribution in [3.8, 4) is 5.75 Å². The lowest BCUT2D eigenvalue weighted by Crippen LogP contribution is -2.09. The summed E-state index contributed by atoms with van der Waals surface area (Å²) < 4.78 is 0. The number of rotatable bonds is 4. The molecule has 21 heavy (non-hydrogen) atoms. The molecule has 0 amide bonds. The molecule has 1 aliphatic rings. The first-order valence-electron chi connectivity index (χ1n) is 7.72. The molecule has 0 spiro atoms. The lowest BCUT2D eigenvalue weighted by Gasteiger charge is -2.22. The van der Waals surface area contributed by atoms with Crippen LogP contribution in [0.4, 0.5) is 11.4 Å². The van der Waals surface area contributed by atoms with E-state index in [0.29, 0.717) is 0 Å². The molecule has 2 aromatic rings. The Hall–Kier alpha value is -2.16. The van der Waals surface area contributed by atoms with E-state index < -0.39 is 0 Å². The summed E-state index contributed by atoms with van der Waals surface area (Å²) in [6.45, 7) is 0. The highest BCUT2D eigenvalue weighted by Crippen LogP contribution is 2.32. The van der Waals surface area contributed by atoms with Crippen LogP contribution >= 0.6 is 0 Å². The number of anilines is 2. The number of phenolic OH excluding ortho intramolecular Hbond substituents is 1. The quantitative estimate of drug-likeness (QED) is 0.553. The number of phenols is 1. The lowest BCUT2D eigenvalue weighted by atomic mass is 9.84. The van der Waals surface area contributed by atoms with E-state index in [1.807, 2.05) is 12.1 Å². The molecule has 0 bridgehead atoms. The van der Waals surface area contributed by atoms with Gasteiger partial charge in [0.25, 0.3) is 0 Å². The topological polar surface area (TPSA) is 44.3 Å². The normalized spacial score (nSPS) is 15.6. The van der Waals surface area contributed by atoms with Crippen LogP contribution in [0.3, 0.4) is 0 Å². The lowest BCUT2D eigenvalue weighted by molar-refractivity contribution is 0.443. The van der Waals surface area contributed by atoms with Crippen molar-refractivity contribution in [1.29, 1.82) is 0 Å². The van der Waals surface area contributed by atoms with Crippen molar-refractivity contribution in [3.05, 3.63) is 54.1 Å². The molecule has 3 rings (SSSR count). The first-order valence-corrected chi connectivity index (χ1v) is 7.72. The monoisotopic (exact) mass is 282 g/mol. The minimum atomic E-state index is 0.275. The van der Waals surface area contributed by atoms with Gasteiger partial charge in [-0.3, -0.25) is 0 Å². The van der Waals surface area contributed by atoms with Gasteiger partial charge in [-0.25, -0.2) is 0 Å². The van der Waals surface area contributed by atoms with E-state index >= 15 is 0 Å². The minimum Gasteiger partial charge on any atom is -0.508 e. The summed E-state index contributed by atoms with van der Waals surface area (Å²) in [4.78, 5) is 0. The second-order valence-corrected chi connectivity index (χ2v) is 5.75. The van der Waals surface area contributed by atoms with Gasteiger partial charge in [0.05, 0.1) is 11.4 Å². The summed E-state index contributed by atoms with van der Waals surface area (Å²) in [5.74, 6) is 1.02. The van der Waals surface area contributed by atoms with E-state index in [-0.39, 0.29) is 5.75 Å². The minimum absolute atomic E-state index is 0.275. The fraction of sp³-hybridized carbons (Fsp3) is 0.333. The van der Waals surface area contributed by atoms with Crippen LogP contribution in [0.25, 0.3) is 0 Å². The van der Waals surface area contributed by atoms with Gasteiger partial charge in [0.2, 0.25) is 0 Å². The zero-order valence-electron chi connectivity index (χ0n) is 12.2. The Labute approximate surface area is 126 Å². The molecular formula is C18H22N2O. The molecule has 0 aromatic heterocycles. The van der Waals surface area contributed by atoms with Gasteiger partial charge in [-0.05, 0) is 60.7 Å². The first-order chi connectivity index (χ1) is 10.3. The Kier molecular flexibility index (Phi) is 4.29. The third kappa shape index (κ3) is 3.69. The van der Waals surface area contributed by atoms with Gasteiger partial charge in [-0.15, -0.1) is 0 Å². The average molecular weight is 282 g/mol. The van der Waals surface area contributed by atoms with Crippen molar-refractivity contribution in [2.45, 2.75) is 38.0 Å². The molecule has 0 unspecified atom stereocenters. The van der Waals surface area contributed by atoms with Crippen LogP contribution in [-0.2, 0) is 0 Å². The van der Waals surface area contributed by atoms with Crippen LogP contribution in [0.15, 0.2) is 48.5 Å². The van der Waals surface area contributed by atoms with Crippen molar-refractivity contribution >= 4 is 11.4 Å². The highest BCUT2D eigenvalue weighted by atomic mass is 16.3. The van der Waals surface area contributed by atoms with E-state index in [0.717, 1.165) is 17.3 Å². The summed E-state index contributed by atoms with van der Waals surface area (Å²) in [7, 11) is 0. The second-order valence-electron chi connectivity index (χ2n) is 5.75. The summed E-state index contributed by atoms with van der Waals surface area (Å²) >= 11 is 0. The number of hydrogen-bond donors (Lipinski definition) is 3. The van der Waals surface area contributed by atoms with Crippen LogP contribution in [0, 0.1) is 0 Å². The van der Waals surface area contributed by atoms with Crippen LogP contribution in [-0.4, -0.2) is 5.11 Å². The zero-order valence-corrected chi connectivity index (χ0v) is 12.2. The number of hydrazine groups is 1. The zero-order chi connectivity index (χ0) is 14.5. The Balaban J connectivity index is 1.57. The van der Waals surface area contributed by atoms with Crippen LogP contribution < -0.4 is 10.9 Å². The van der Waals surface area contributed by atoms with Gasteiger partial charge in [-0.2, -0.15) is 0 Å². The molecular weight excluding hydrogens is 260 g/mol. The molecule has 0 radical (unpaired) electrons.